The van der Waals surface area contributed by atoms with E-state index < -0.39 is 0 Å². The summed E-state index contributed by atoms with van der Waals surface area (Å²) in [6.07, 6.45) is 2.77. The summed E-state index contributed by atoms with van der Waals surface area (Å²) in [5.41, 5.74) is 1.21. The number of nitrogens with one attached hydrogen (secondary N) is 1. The molecule has 114 valence electrons. The summed E-state index contributed by atoms with van der Waals surface area (Å²) >= 11 is 1.76. The summed E-state index contributed by atoms with van der Waals surface area (Å²) in [5.74, 6) is 0. The van der Waals surface area contributed by atoms with Crippen molar-refractivity contribution in [2.45, 2.75) is 58.8 Å². The molecule has 0 aromatic carbocycles. The van der Waals surface area contributed by atoms with Crippen LogP contribution in [0.2, 0.25) is 0 Å². The van der Waals surface area contributed by atoms with Crippen molar-refractivity contribution in [1.29, 1.82) is 0 Å². The maximum atomic E-state index is 5.69. The van der Waals surface area contributed by atoms with Crippen LogP contribution in [-0.2, 0) is 17.8 Å². The van der Waals surface area contributed by atoms with E-state index in [2.05, 4.69) is 36.4 Å². The van der Waals surface area contributed by atoms with Gasteiger partial charge in [-0.2, -0.15) is 0 Å². The van der Waals surface area contributed by atoms with Gasteiger partial charge in [0, 0.05) is 44.2 Å². The molecular weight excluding hydrogens is 270 g/mol. The Hall–Kier alpha value is -0.490. The lowest BCUT2D eigenvalue weighted by molar-refractivity contribution is 0.0123. The number of likely N-dealkylation sites (tertiary alicyclic amines) is 1. The number of piperidine rings is 1. The van der Waals surface area contributed by atoms with Gasteiger partial charge in [0.25, 0.3) is 0 Å². The third kappa shape index (κ3) is 5.13. The summed E-state index contributed by atoms with van der Waals surface area (Å²) in [6, 6.07) is 0.514. The number of thiazole rings is 1. The molecule has 2 heterocycles. The molecular formula is C15H27N3OS. The number of ether oxygens (including phenoxy) is 1. The minimum Gasteiger partial charge on any atom is -0.378 e. The molecule has 1 fully saturated rings. The molecule has 1 N–H and O–H groups in total. The first-order valence-corrected chi connectivity index (χ1v) is 8.56. The van der Waals surface area contributed by atoms with Crippen molar-refractivity contribution < 1.29 is 4.74 Å². The maximum Gasteiger partial charge on any atom is 0.107 e. The fourth-order valence-electron chi connectivity index (χ4n) is 2.49. The van der Waals surface area contributed by atoms with Crippen LogP contribution in [0.3, 0.4) is 0 Å². The van der Waals surface area contributed by atoms with Crippen LogP contribution in [-0.4, -0.2) is 41.7 Å². The number of hydrogen-bond donors (Lipinski definition) is 1. The highest BCUT2D eigenvalue weighted by molar-refractivity contribution is 7.09. The van der Waals surface area contributed by atoms with Crippen LogP contribution in [0.5, 0.6) is 0 Å². The Morgan fingerprint density at radius 1 is 1.45 bits per heavy atom. The number of hydrogen-bond acceptors (Lipinski definition) is 5. The van der Waals surface area contributed by atoms with Crippen LogP contribution >= 0.6 is 11.3 Å². The third-order valence-corrected chi connectivity index (χ3v) is 4.48. The minimum atomic E-state index is 0.470. The molecule has 0 atom stereocenters. The zero-order valence-electron chi connectivity index (χ0n) is 12.9. The molecule has 0 aliphatic carbocycles. The van der Waals surface area contributed by atoms with Crippen molar-refractivity contribution in [1.82, 2.24) is 15.2 Å². The van der Waals surface area contributed by atoms with Crippen LogP contribution in [0.15, 0.2) is 5.38 Å². The van der Waals surface area contributed by atoms with Gasteiger partial charge in [-0.25, -0.2) is 4.98 Å². The molecule has 1 aromatic rings. The van der Waals surface area contributed by atoms with Gasteiger partial charge >= 0.3 is 0 Å². The second kappa shape index (κ2) is 8.08. The Morgan fingerprint density at radius 2 is 2.20 bits per heavy atom. The molecule has 1 aliphatic heterocycles. The van der Waals surface area contributed by atoms with Crippen molar-refractivity contribution in [2.75, 3.05) is 19.7 Å². The van der Waals surface area contributed by atoms with Gasteiger partial charge in [-0.3, -0.25) is 4.90 Å². The van der Waals surface area contributed by atoms with Crippen molar-refractivity contribution in [3.05, 3.63) is 16.1 Å². The Balaban J connectivity index is 1.74. The van der Waals surface area contributed by atoms with Gasteiger partial charge in [0.05, 0.1) is 11.8 Å². The van der Waals surface area contributed by atoms with Gasteiger partial charge < -0.3 is 10.1 Å². The molecule has 1 aliphatic rings. The van der Waals surface area contributed by atoms with Gasteiger partial charge in [0.15, 0.2) is 0 Å². The van der Waals surface area contributed by atoms with Crippen LogP contribution in [0.1, 0.15) is 44.3 Å². The molecule has 2 rings (SSSR count). The van der Waals surface area contributed by atoms with E-state index >= 15 is 0 Å². The van der Waals surface area contributed by atoms with Gasteiger partial charge in [-0.1, -0.05) is 13.8 Å². The summed E-state index contributed by atoms with van der Waals surface area (Å²) in [4.78, 5) is 7.21. The average molecular weight is 297 g/mol. The lowest BCUT2D eigenvalue weighted by Gasteiger charge is -2.31. The Labute approximate surface area is 126 Å². The minimum absolute atomic E-state index is 0.470. The first-order valence-electron chi connectivity index (χ1n) is 7.68. The van der Waals surface area contributed by atoms with E-state index in [1.54, 1.807) is 11.3 Å². The first-order chi connectivity index (χ1) is 9.67. The Bertz CT molecular complexity index is 386. The molecule has 0 radical (unpaired) electrons. The topological polar surface area (TPSA) is 37.4 Å². The fraction of sp³-hybridized carbons (Fsp3) is 0.800. The molecule has 0 unspecified atom stereocenters. The highest BCUT2D eigenvalue weighted by Crippen LogP contribution is 2.17. The van der Waals surface area contributed by atoms with E-state index in [9.17, 15) is 0 Å². The number of rotatable bonds is 7. The molecule has 5 heteroatoms. The van der Waals surface area contributed by atoms with Gasteiger partial charge in [0.2, 0.25) is 0 Å². The summed E-state index contributed by atoms with van der Waals surface area (Å²) in [7, 11) is 0. The van der Waals surface area contributed by atoms with Gasteiger partial charge in [-0.15, -0.1) is 11.3 Å². The largest absolute Gasteiger partial charge is 0.378 e. The zero-order valence-corrected chi connectivity index (χ0v) is 13.7. The maximum absolute atomic E-state index is 5.69. The Morgan fingerprint density at radius 3 is 2.85 bits per heavy atom. The first kappa shape index (κ1) is 15.9. The molecule has 0 spiro atoms. The second-order valence-electron chi connectivity index (χ2n) is 5.70. The van der Waals surface area contributed by atoms with Crippen LogP contribution in [0.4, 0.5) is 0 Å². The van der Waals surface area contributed by atoms with E-state index in [0.717, 1.165) is 45.6 Å². The van der Waals surface area contributed by atoms with E-state index in [0.29, 0.717) is 12.1 Å². The smallest absolute Gasteiger partial charge is 0.107 e. The van der Waals surface area contributed by atoms with Crippen molar-refractivity contribution in [3.63, 3.8) is 0 Å². The van der Waals surface area contributed by atoms with Gasteiger partial charge in [-0.05, 0) is 19.8 Å². The molecule has 1 aromatic heterocycles. The summed E-state index contributed by atoms with van der Waals surface area (Å²) in [5, 5.41) is 6.81. The lowest BCUT2D eigenvalue weighted by atomic mass is 10.1. The van der Waals surface area contributed by atoms with Crippen molar-refractivity contribution in [2.24, 2.45) is 0 Å². The van der Waals surface area contributed by atoms with Crippen molar-refractivity contribution >= 4 is 11.3 Å². The molecule has 0 saturated carbocycles. The number of nitrogens with zero attached hydrogens (tertiary/aromatic N) is 2. The third-order valence-electron chi connectivity index (χ3n) is 3.58. The Kier molecular flexibility index (Phi) is 6.42. The quantitative estimate of drug-likeness (QED) is 0.839. The van der Waals surface area contributed by atoms with Crippen LogP contribution in [0, 0.1) is 0 Å². The highest BCUT2D eigenvalue weighted by atomic mass is 32.1. The molecule has 1 saturated heterocycles. The molecule has 0 amide bonds. The monoisotopic (exact) mass is 297 g/mol. The molecule has 4 nitrogen and oxygen atoms in total. The zero-order chi connectivity index (χ0) is 14.4. The fourth-order valence-corrected chi connectivity index (χ4v) is 3.23. The van der Waals surface area contributed by atoms with E-state index in [4.69, 9.17) is 9.72 Å². The standard InChI is InChI=1S/C15H27N3OS/c1-4-19-14-5-7-18(8-6-14)10-13-11-20-15(17-13)9-16-12(2)3/h11-12,14,16H,4-10H2,1-3H3. The SMILES string of the molecule is CCOC1CCN(Cc2csc(CNC(C)C)n2)CC1. The molecule has 20 heavy (non-hydrogen) atoms. The number of aromatic nitrogens is 1. The second-order valence-corrected chi connectivity index (χ2v) is 6.64. The predicted octanol–water partition coefficient (Wildman–Crippen LogP) is 2.64. The van der Waals surface area contributed by atoms with Crippen LogP contribution in [0.25, 0.3) is 0 Å². The normalized spacial score (nSPS) is 18.0. The summed E-state index contributed by atoms with van der Waals surface area (Å²) in [6.45, 7) is 11.4. The van der Waals surface area contributed by atoms with Crippen LogP contribution < -0.4 is 5.32 Å². The van der Waals surface area contributed by atoms with E-state index in [-0.39, 0.29) is 0 Å². The predicted molar refractivity (Wildman–Crippen MR) is 84.0 cm³/mol. The van der Waals surface area contributed by atoms with Crippen molar-refractivity contribution in [3.8, 4) is 0 Å². The molecule has 0 bridgehead atoms. The summed E-state index contributed by atoms with van der Waals surface area (Å²) < 4.78 is 5.69. The highest BCUT2D eigenvalue weighted by Gasteiger charge is 2.19. The lowest BCUT2D eigenvalue weighted by Crippen LogP contribution is -2.36. The van der Waals surface area contributed by atoms with E-state index in [1.807, 2.05) is 0 Å². The average Bonchev–Trinajstić information content (AvgIpc) is 2.87. The van der Waals surface area contributed by atoms with Gasteiger partial charge in [0.1, 0.15) is 5.01 Å². The van der Waals surface area contributed by atoms with E-state index in [1.165, 1.54) is 10.7 Å².